The van der Waals surface area contributed by atoms with Crippen LogP contribution >= 0.6 is 0 Å². The summed E-state index contributed by atoms with van der Waals surface area (Å²) in [5.41, 5.74) is 2.14. The maximum absolute atomic E-state index is 13.5. The minimum absolute atomic E-state index is 0.209. The Balaban J connectivity index is 1.32. The smallest absolute Gasteiger partial charge is 0.129 e. The second-order valence-electron chi connectivity index (χ2n) is 7.82. The van der Waals surface area contributed by atoms with Gasteiger partial charge >= 0.3 is 0 Å². The van der Waals surface area contributed by atoms with Crippen molar-refractivity contribution in [1.82, 2.24) is 4.57 Å². The van der Waals surface area contributed by atoms with E-state index in [1.54, 1.807) is 18.4 Å². The quantitative estimate of drug-likeness (QED) is 0.521. The standard InChI is InChI=1S/C23H27FN2O3/c24-19-5-1-4-18(12-19)13-25-10-2-6-21(25)14-26(20-8-9-20)15-22(27)16-28-17-23-7-3-11-29-23/h1-7,10-12,20,22,27H,8-9,13-17H2/p+1/t22-/m0/s1. The number of hydrogen-bond acceptors (Lipinski definition) is 3. The minimum atomic E-state index is -0.521. The first kappa shape index (κ1) is 19.9. The Bertz CT molecular complexity index is 889. The van der Waals surface area contributed by atoms with E-state index in [1.165, 1.54) is 29.5 Å². The maximum atomic E-state index is 13.5. The van der Waals surface area contributed by atoms with Crippen LogP contribution in [0.4, 0.5) is 4.39 Å². The van der Waals surface area contributed by atoms with Crippen molar-refractivity contribution in [3.05, 3.63) is 83.8 Å². The lowest BCUT2D eigenvalue weighted by atomic mass is 10.2. The van der Waals surface area contributed by atoms with Crippen molar-refractivity contribution in [2.75, 3.05) is 13.2 Å². The van der Waals surface area contributed by atoms with Gasteiger partial charge in [0.25, 0.3) is 0 Å². The third kappa shape index (κ3) is 5.79. The molecule has 154 valence electrons. The molecule has 0 amide bonds. The van der Waals surface area contributed by atoms with Gasteiger partial charge in [0.05, 0.1) is 24.6 Å². The highest BCUT2D eigenvalue weighted by molar-refractivity contribution is 5.18. The second kappa shape index (κ2) is 9.39. The number of hydrogen-bond donors (Lipinski definition) is 2. The molecular weight excluding hydrogens is 371 g/mol. The summed E-state index contributed by atoms with van der Waals surface area (Å²) in [6, 6.07) is 15.2. The molecule has 1 unspecified atom stereocenters. The zero-order valence-corrected chi connectivity index (χ0v) is 16.5. The monoisotopic (exact) mass is 399 g/mol. The second-order valence-corrected chi connectivity index (χ2v) is 7.82. The molecule has 5 nitrogen and oxygen atoms in total. The molecule has 1 aromatic carbocycles. The summed E-state index contributed by atoms with van der Waals surface area (Å²) in [5, 5.41) is 10.5. The first-order valence-corrected chi connectivity index (χ1v) is 10.2. The Morgan fingerprint density at radius 2 is 2.10 bits per heavy atom. The molecule has 1 saturated carbocycles. The van der Waals surface area contributed by atoms with Gasteiger partial charge in [-0.2, -0.15) is 0 Å². The van der Waals surface area contributed by atoms with Crippen LogP contribution in [0.25, 0.3) is 0 Å². The first-order valence-electron chi connectivity index (χ1n) is 10.2. The van der Waals surface area contributed by atoms with Crippen LogP contribution < -0.4 is 4.90 Å². The van der Waals surface area contributed by atoms with Crippen molar-refractivity contribution in [2.45, 2.75) is 44.7 Å². The highest BCUT2D eigenvalue weighted by Gasteiger charge is 2.35. The van der Waals surface area contributed by atoms with Crippen LogP contribution in [0.3, 0.4) is 0 Å². The van der Waals surface area contributed by atoms with Crippen LogP contribution in [-0.2, 0) is 24.4 Å². The Kier molecular flexibility index (Phi) is 6.44. The van der Waals surface area contributed by atoms with Gasteiger partial charge in [0.15, 0.2) is 0 Å². The normalized spacial score (nSPS) is 16.1. The zero-order valence-electron chi connectivity index (χ0n) is 16.5. The molecule has 1 aliphatic carbocycles. The lowest BCUT2D eigenvalue weighted by Gasteiger charge is -2.23. The third-order valence-corrected chi connectivity index (χ3v) is 5.36. The summed E-state index contributed by atoms with van der Waals surface area (Å²) in [4.78, 5) is 1.37. The molecule has 2 aromatic heterocycles. The molecular formula is C23H28FN2O3+. The number of ether oxygens (including phenoxy) is 1. The Morgan fingerprint density at radius 3 is 2.86 bits per heavy atom. The maximum Gasteiger partial charge on any atom is 0.129 e. The predicted octanol–water partition coefficient (Wildman–Crippen LogP) is 2.39. The molecule has 0 bridgehead atoms. The van der Waals surface area contributed by atoms with E-state index < -0.39 is 6.10 Å². The average molecular weight is 399 g/mol. The van der Waals surface area contributed by atoms with Crippen LogP contribution in [0.2, 0.25) is 0 Å². The number of quaternary nitrogens is 1. The van der Waals surface area contributed by atoms with Crippen molar-refractivity contribution in [2.24, 2.45) is 0 Å². The molecule has 4 rings (SSSR count). The van der Waals surface area contributed by atoms with Crippen LogP contribution in [0.15, 0.2) is 65.4 Å². The molecule has 0 radical (unpaired) electrons. The Labute approximate surface area is 170 Å². The zero-order chi connectivity index (χ0) is 20.1. The van der Waals surface area contributed by atoms with E-state index in [-0.39, 0.29) is 5.82 Å². The molecule has 0 aliphatic heterocycles. The topological polar surface area (TPSA) is 52.0 Å². The first-order chi connectivity index (χ1) is 14.2. The van der Waals surface area contributed by atoms with Crippen LogP contribution in [-0.4, -0.2) is 35.0 Å². The summed E-state index contributed by atoms with van der Waals surface area (Å²) in [6.07, 6.45) is 5.52. The van der Waals surface area contributed by atoms with E-state index >= 15 is 0 Å². The molecule has 2 atom stereocenters. The van der Waals surface area contributed by atoms with Gasteiger partial charge in [-0.05, 0) is 42.0 Å². The molecule has 1 aliphatic rings. The van der Waals surface area contributed by atoms with Gasteiger partial charge in [-0.1, -0.05) is 12.1 Å². The van der Waals surface area contributed by atoms with Crippen molar-refractivity contribution < 1.29 is 23.6 Å². The van der Waals surface area contributed by atoms with E-state index in [4.69, 9.17) is 9.15 Å². The molecule has 6 heteroatoms. The summed E-state index contributed by atoms with van der Waals surface area (Å²) in [5.74, 6) is 0.554. The Hall–Kier alpha value is -2.41. The Morgan fingerprint density at radius 1 is 1.21 bits per heavy atom. The van der Waals surface area contributed by atoms with Crippen LogP contribution in [0.1, 0.15) is 29.9 Å². The number of aliphatic hydroxyl groups is 1. The fraction of sp³-hybridized carbons (Fsp3) is 0.391. The molecule has 1 fully saturated rings. The SMILES string of the molecule is O[C@H](COCc1ccco1)C[NH+](Cc1cccn1Cc1cccc(F)c1)C1CC1. The van der Waals surface area contributed by atoms with E-state index in [0.29, 0.717) is 32.3 Å². The number of benzene rings is 1. The largest absolute Gasteiger partial charge is 0.467 e. The van der Waals surface area contributed by atoms with Crippen molar-refractivity contribution in [3.63, 3.8) is 0 Å². The highest BCUT2D eigenvalue weighted by Crippen LogP contribution is 2.16. The highest BCUT2D eigenvalue weighted by atomic mass is 19.1. The number of aliphatic hydroxyl groups excluding tert-OH is 1. The lowest BCUT2D eigenvalue weighted by molar-refractivity contribution is -0.928. The van der Waals surface area contributed by atoms with Crippen molar-refractivity contribution >= 4 is 0 Å². The number of nitrogens with zero attached hydrogens (tertiary/aromatic N) is 1. The molecule has 3 aromatic rings. The van der Waals surface area contributed by atoms with E-state index in [9.17, 15) is 9.50 Å². The number of furan rings is 1. The average Bonchev–Trinajstić information content (AvgIpc) is 3.25. The van der Waals surface area contributed by atoms with Crippen molar-refractivity contribution in [3.8, 4) is 0 Å². The number of aromatic nitrogens is 1. The number of rotatable bonds is 11. The van der Waals surface area contributed by atoms with Crippen molar-refractivity contribution in [1.29, 1.82) is 0 Å². The van der Waals surface area contributed by atoms with Gasteiger partial charge in [-0.25, -0.2) is 4.39 Å². The number of halogens is 1. The lowest BCUT2D eigenvalue weighted by Crippen LogP contribution is -3.13. The molecule has 2 N–H and O–H groups in total. The van der Waals surface area contributed by atoms with E-state index in [1.807, 2.05) is 30.5 Å². The van der Waals surface area contributed by atoms with Gasteiger partial charge in [0.2, 0.25) is 0 Å². The van der Waals surface area contributed by atoms with Gasteiger partial charge < -0.3 is 23.7 Å². The summed E-state index contributed by atoms with van der Waals surface area (Å²) < 4.78 is 26.5. The summed E-state index contributed by atoms with van der Waals surface area (Å²) in [6.45, 7) is 2.80. The summed E-state index contributed by atoms with van der Waals surface area (Å²) >= 11 is 0. The van der Waals surface area contributed by atoms with E-state index in [2.05, 4.69) is 10.6 Å². The van der Waals surface area contributed by atoms with Gasteiger partial charge in [-0.15, -0.1) is 0 Å². The summed E-state index contributed by atoms with van der Waals surface area (Å²) in [7, 11) is 0. The molecule has 0 saturated heterocycles. The third-order valence-electron chi connectivity index (χ3n) is 5.36. The van der Waals surface area contributed by atoms with Crippen LogP contribution in [0, 0.1) is 5.82 Å². The molecule has 2 heterocycles. The minimum Gasteiger partial charge on any atom is -0.467 e. The fourth-order valence-corrected chi connectivity index (χ4v) is 3.76. The van der Waals surface area contributed by atoms with Gasteiger partial charge in [-0.3, -0.25) is 0 Å². The van der Waals surface area contributed by atoms with Crippen LogP contribution in [0.5, 0.6) is 0 Å². The molecule has 29 heavy (non-hydrogen) atoms. The molecule has 0 spiro atoms. The number of nitrogens with one attached hydrogen (secondary N) is 1. The predicted molar refractivity (Wildman–Crippen MR) is 107 cm³/mol. The van der Waals surface area contributed by atoms with Gasteiger partial charge in [0.1, 0.15) is 37.4 Å². The van der Waals surface area contributed by atoms with Gasteiger partial charge in [0, 0.05) is 25.6 Å². The fourth-order valence-electron chi connectivity index (χ4n) is 3.76. The van der Waals surface area contributed by atoms with E-state index in [0.717, 1.165) is 17.9 Å².